The smallest absolute Gasteiger partial charge is 0.0363 e. The van der Waals surface area contributed by atoms with Gasteiger partial charge in [-0.15, -0.1) is 0 Å². The molecule has 3 atom stereocenters. The monoisotopic (exact) mass is 182 g/mol. The highest BCUT2D eigenvalue weighted by molar-refractivity contribution is 4.82. The van der Waals surface area contributed by atoms with Crippen LogP contribution in [0, 0.1) is 29.6 Å². The zero-order valence-electron chi connectivity index (χ0n) is 10.0. The van der Waals surface area contributed by atoms with Gasteiger partial charge in [0.05, 0.1) is 0 Å². The molecule has 1 aliphatic carbocycles. The molecule has 0 bridgehead atoms. The zero-order valence-corrected chi connectivity index (χ0v) is 10.0. The lowest BCUT2D eigenvalue weighted by molar-refractivity contribution is 0.0966. The van der Waals surface area contributed by atoms with Crippen molar-refractivity contribution in [3.05, 3.63) is 0 Å². The van der Waals surface area contributed by atoms with Crippen LogP contribution < -0.4 is 0 Å². The van der Waals surface area contributed by atoms with E-state index in [0.29, 0.717) is 0 Å². The standard InChI is InChI=1S/C13H26/c1-9(2)12-7-6-8-13(10(3)4)11(12)5/h9-13H,6-8H2,1-5H3/t11?,12-,13+. The van der Waals surface area contributed by atoms with Gasteiger partial charge in [0.2, 0.25) is 0 Å². The molecule has 1 saturated carbocycles. The van der Waals surface area contributed by atoms with E-state index in [2.05, 4.69) is 34.6 Å². The van der Waals surface area contributed by atoms with Gasteiger partial charge in [0.15, 0.2) is 0 Å². The fourth-order valence-electron chi connectivity index (χ4n) is 3.31. The summed E-state index contributed by atoms with van der Waals surface area (Å²) in [6.07, 6.45) is 4.42. The lowest BCUT2D eigenvalue weighted by Crippen LogP contribution is -2.32. The van der Waals surface area contributed by atoms with E-state index in [9.17, 15) is 0 Å². The summed E-state index contributed by atoms with van der Waals surface area (Å²) in [5, 5.41) is 0. The molecule has 1 rings (SSSR count). The third kappa shape index (κ3) is 2.48. The third-order valence-electron chi connectivity index (χ3n) is 4.14. The Labute approximate surface area is 84.1 Å². The second-order valence-corrected chi connectivity index (χ2v) is 5.61. The molecule has 0 heteroatoms. The van der Waals surface area contributed by atoms with Crippen LogP contribution >= 0.6 is 0 Å². The van der Waals surface area contributed by atoms with Crippen LogP contribution in [0.1, 0.15) is 53.9 Å². The van der Waals surface area contributed by atoms with E-state index in [1.165, 1.54) is 19.3 Å². The Kier molecular flexibility index (Phi) is 3.82. The van der Waals surface area contributed by atoms with Gasteiger partial charge in [0, 0.05) is 0 Å². The topological polar surface area (TPSA) is 0 Å². The van der Waals surface area contributed by atoms with Gasteiger partial charge in [-0.05, 0) is 42.4 Å². The first-order valence-electron chi connectivity index (χ1n) is 6.04. The van der Waals surface area contributed by atoms with Crippen LogP contribution in [0.25, 0.3) is 0 Å². The Morgan fingerprint density at radius 3 is 1.54 bits per heavy atom. The molecule has 0 aromatic heterocycles. The van der Waals surface area contributed by atoms with Crippen LogP contribution in [0.15, 0.2) is 0 Å². The molecule has 0 aromatic carbocycles. The predicted molar refractivity (Wildman–Crippen MR) is 59.7 cm³/mol. The van der Waals surface area contributed by atoms with Crippen molar-refractivity contribution in [1.29, 1.82) is 0 Å². The van der Waals surface area contributed by atoms with Crippen LogP contribution in [0.5, 0.6) is 0 Å². The molecular weight excluding hydrogens is 156 g/mol. The van der Waals surface area contributed by atoms with Crippen LogP contribution in [0.4, 0.5) is 0 Å². The maximum atomic E-state index is 2.48. The van der Waals surface area contributed by atoms with Crippen LogP contribution in [-0.4, -0.2) is 0 Å². The summed E-state index contributed by atoms with van der Waals surface area (Å²) >= 11 is 0. The number of hydrogen-bond donors (Lipinski definition) is 0. The van der Waals surface area contributed by atoms with E-state index < -0.39 is 0 Å². The molecule has 0 aliphatic heterocycles. The van der Waals surface area contributed by atoms with Crippen molar-refractivity contribution < 1.29 is 0 Å². The van der Waals surface area contributed by atoms with Gasteiger partial charge in [-0.25, -0.2) is 0 Å². The normalized spacial score (nSPS) is 31.6. The fourth-order valence-corrected chi connectivity index (χ4v) is 3.31. The van der Waals surface area contributed by atoms with Gasteiger partial charge < -0.3 is 0 Å². The maximum absolute atomic E-state index is 2.48. The van der Waals surface area contributed by atoms with Gasteiger partial charge in [-0.1, -0.05) is 41.0 Å². The van der Waals surface area contributed by atoms with Gasteiger partial charge in [-0.2, -0.15) is 0 Å². The van der Waals surface area contributed by atoms with Crippen molar-refractivity contribution in [1.82, 2.24) is 0 Å². The van der Waals surface area contributed by atoms with Crippen molar-refractivity contribution in [2.24, 2.45) is 29.6 Å². The molecule has 0 aromatic rings. The molecule has 0 spiro atoms. The average molecular weight is 182 g/mol. The van der Waals surface area contributed by atoms with Crippen LogP contribution in [0.2, 0.25) is 0 Å². The van der Waals surface area contributed by atoms with Crippen molar-refractivity contribution in [3.63, 3.8) is 0 Å². The molecule has 78 valence electrons. The summed E-state index contributed by atoms with van der Waals surface area (Å²) in [5.74, 6) is 4.70. The van der Waals surface area contributed by atoms with E-state index in [1.807, 2.05) is 0 Å². The lowest BCUT2D eigenvalue weighted by Gasteiger charge is -2.40. The highest BCUT2D eigenvalue weighted by Crippen LogP contribution is 2.41. The summed E-state index contributed by atoms with van der Waals surface area (Å²) in [6.45, 7) is 12.1. The average Bonchev–Trinajstić information content (AvgIpc) is 2.03. The van der Waals surface area contributed by atoms with Gasteiger partial charge in [0.1, 0.15) is 0 Å². The summed E-state index contributed by atoms with van der Waals surface area (Å²) in [5.41, 5.74) is 0. The van der Waals surface area contributed by atoms with Crippen molar-refractivity contribution in [2.45, 2.75) is 53.9 Å². The van der Waals surface area contributed by atoms with Gasteiger partial charge >= 0.3 is 0 Å². The Balaban J connectivity index is 2.60. The van der Waals surface area contributed by atoms with Crippen LogP contribution in [-0.2, 0) is 0 Å². The largest absolute Gasteiger partial charge is 0.0625 e. The molecule has 1 unspecified atom stereocenters. The second-order valence-electron chi connectivity index (χ2n) is 5.61. The minimum atomic E-state index is 0.886. The second kappa shape index (κ2) is 4.48. The first-order valence-corrected chi connectivity index (χ1v) is 6.04. The molecule has 0 saturated heterocycles. The van der Waals surface area contributed by atoms with E-state index in [4.69, 9.17) is 0 Å². The van der Waals surface area contributed by atoms with Gasteiger partial charge in [-0.3, -0.25) is 0 Å². The van der Waals surface area contributed by atoms with Crippen LogP contribution in [0.3, 0.4) is 0 Å². The van der Waals surface area contributed by atoms with E-state index >= 15 is 0 Å². The number of rotatable bonds is 2. The molecule has 0 amide bonds. The van der Waals surface area contributed by atoms with Crippen molar-refractivity contribution >= 4 is 0 Å². The first-order chi connectivity index (χ1) is 6.04. The predicted octanol–water partition coefficient (Wildman–Crippen LogP) is 4.35. The summed E-state index contributed by atoms with van der Waals surface area (Å²) in [6, 6.07) is 0. The molecular formula is C13H26. The highest BCUT2D eigenvalue weighted by atomic mass is 14.4. The first kappa shape index (κ1) is 11.1. The maximum Gasteiger partial charge on any atom is -0.0363 e. The van der Waals surface area contributed by atoms with E-state index in [-0.39, 0.29) is 0 Å². The fraction of sp³-hybridized carbons (Fsp3) is 1.00. The van der Waals surface area contributed by atoms with Crippen molar-refractivity contribution in [3.8, 4) is 0 Å². The quantitative estimate of drug-likeness (QED) is 0.595. The molecule has 0 nitrogen and oxygen atoms in total. The molecule has 0 heterocycles. The zero-order chi connectivity index (χ0) is 10.0. The summed E-state index contributed by atoms with van der Waals surface area (Å²) in [4.78, 5) is 0. The van der Waals surface area contributed by atoms with Gasteiger partial charge in [0.25, 0.3) is 0 Å². The SMILES string of the molecule is CC(C)[C@H]1CCC[C@@H](C(C)C)C1C. The Hall–Kier alpha value is 0. The summed E-state index contributed by atoms with van der Waals surface area (Å²) in [7, 11) is 0. The van der Waals surface area contributed by atoms with Crippen molar-refractivity contribution in [2.75, 3.05) is 0 Å². The lowest BCUT2D eigenvalue weighted by atomic mass is 9.65. The van der Waals surface area contributed by atoms with E-state index in [0.717, 1.165) is 29.6 Å². The third-order valence-corrected chi connectivity index (χ3v) is 4.14. The molecule has 1 aliphatic rings. The highest BCUT2D eigenvalue weighted by Gasteiger charge is 2.32. The molecule has 13 heavy (non-hydrogen) atoms. The molecule has 0 N–H and O–H groups in total. The molecule has 0 radical (unpaired) electrons. The Morgan fingerprint density at radius 1 is 0.846 bits per heavy atom. The van der Waals surface area contributed by atoms with E-state index in [1.54, 1.807) is 0 Å². The summed E-state index contributed by atoms with van der Waals surface area (Å²) < 4.78 is 0. The minimum Gasteiger partial charge on any atom is -0.0625 e. The number of hydrogen-bond acceptors (Lipinski definition) is 0. The minimum absolute atomic E-state index is 0.886. The molecule has 1 fully saturated rings. The Morgan fingerprint density at radius 2 is 1.23 bits per heavy atom. The Bertz CT molecular complexity index is 130.